The Morgan fingerprint density at radius 2 is 0.806 bits per heavy atom. The number of nitrogens with zero attached hydrogens (tertiary/aromatic N) is 2. The quantitative estimate of drug-likeness (QED) is 0.152. The van der Waals surface area contributed by atoms with E-state index in [4.69, 9.17) is 4.42 Å². The third-order valence-corrected chi connectivity index (χ3v) is 13.4. The number of benzene rings is 11. The molecule has 13 rings (SSSR count). The van der Waals surface area contributed by atoms with Gasteiger partial charge in [-0.15, -0.1) is 0 Å². The van der Waals surface area contributed by atoms with Gasteiger partial charge in [0.1, 0.15) is 11.2 Å². The summed E-state index contributed by atoms with van der Waals surface area (Å²) < 4.78 is 8.88. The first-order valence-electron chi connectivity index (χ1n) is 22.9. The summed E-state index contributed by atoms with van der Waals surface area (Å²) in [5, 5.41) is 7.25. The molecule has 3 heteroatoms. The van der Waals surface area contributed by atoms with Crippen molar-refractivity contribution in [1.29, 1.82) is 0 Å². The van der Waals surface area contributed by atoms with Crippen LogP contribution in [0.25, 0.3) is 105 Å². The molecule has 0 radical (unpaired) electrons. The lowest BCUT2D eigenvalue weighted by Gasteiger charge is -2.26. The summed E-state index contributed by atoms with van der Waals surface area (Å²) in [6.45, 7) is 0. The maximum absolute atomic E-state index is 6.47. The van der Waals surface area contributed by atoms with Crippen molar-refractivity contribution in [2.45, 2.75) is 0 Å². The first-order chi connectivity index (χ1) is 33.2. The van der Waals surface area contributed by atoms with E-state index < -0.39 is 0 Å². The third-order valence-electron chi connectivity index (χ3n) is 13.4. The van der Waals surface area contributed by atoms with Crippen LogP contribution in [-0.4, -0.2) is 4.57 Å². The molecule has 3 nitrogen and oxygen atoms in total. The van der Waals surface area contributed by atoms with Gasteiger partial charge in [0, 0.05) is 49.7 Å². The Balaban J connectivity index is 0.911. The van der Waals surface area contributed by atoms with E-state index in [0.717, 1.165) is 72.5 Å². The van der Waals surface area contributed by atoms with Crippen LogP contribution in [0.1, 0.15) is 0 Å². The van der Waals surface area contributed by atoms with Gasteiger partial charge in [-0.25, -0.2) is 0 Å². The number of rotatable bonds is 8. The van der Waals surface area contributed by atoms with Crippen molar-refractivity contribution in [3.8, 4) is 50.2 Å². The minimum Gasteiger partial charge on any atom is -0.455 e. The Labute approximate surface area is 388 Å². The van der Waals surface area contributed by atoms with Crippen LogP contribution in [-0.2, 0) is 0 Å². The number of para-hydroxylation sites is 5. The van der Waals surface area contributed by atoms with Crippen molar-refractivity contribution in [2.75, 3.05) is 4.90 Å². The van der Waals surface area contributed by atoms with E-state index in [9.17, 15) is 0 Å². The van der Waals surface area contributed by atoms with Gasteiger partial charge in [0.25, 0.3) is 0 Å². The molecule has 2 heterocycles. The smallest absolute Gasteiger partial charge is 0.143 e. The molecule has 0 saturated heterocycles. The van der Waals surface area contributed by atoms with Crippen molar-refractivity contribution < 1.29 is 4.42 Å². The predicted molar refractivity (Wildman–Crippen MR) is 282 cm³/mol. The van der Waals surface area contributed by atoms with Crippen LogP contribution in [0.2, 0.25) is 0 Å². The normalized spacial score (nSPS) is 11.6. The Kier molecular flexibility index (Phi) is 9.17. The first-order valence-corrected chi connectivity index (χ1v) is 22.9. The predicted octanol–water partition coefficient (Wildman–Crippen LogP) is 18.0. The van der Waals surface area contributed by atoms with Crippen LogP contribution < -0.4 is 4.90 Å². The van der Waals surface area contributed by atoms with Gasteiger partial charge in [-0.3, -0.25) is 0 Å². The molecule has 0 saturated carbocycles. The average molecular weight is 855 g/mol. The van der Waals surface area contributed by atoms with Crippen molar-refractivity contribution in [1.82, 2.24) is 4.57 Å². The number of hydrogen-bond acceptors (Lipinski definition) is 2. The lowest BCUT2D eigenvalue weighted by atomic mass is 9.97. The van der Waals surface area contributed by atoms with E-state index in [0.29, 0.717) is 0 Å². The van der Waals surface area contributed by atoms with Crippen molar-refractivity contribution in [3.63, 3.8) is 0 Å². The topological polar surface area (TPSA) is 21.3 Å². The fraction of sp³-hybridized carbons (Fsp3) is 0. The Morgan fingerprint density at radius 1 is 0.299 bits per heavy atom. The second-order valence-electron chi connectivity index (χ2n) is 17.3. The third kappa shape index (κ3) is 6.59. The highest BCUT2D eigenvalue weighted by atomic mass is 16.3. The molecule has 2 aromatic heterocycles. The molecular weight excluding hydrogens is 813 g/mol. The lowest BCUT2D eigenvalue weighted by molar-refractivity contribution is 0.670. The Bertz CT molecular complexity index is 3930. The summed E-state index contributed by atoms with van der Waals surface area (Å²) >= 11 is 0. The molecule has 0 N–H and O–H groups in total. The maximum Gasteiger partial charge on any atom is 0.143 e. The molecule has 0 aliphatic carbocycles. The summed E-state index contributed by atoms with van der Waals surface area (Å²) in [5.74, 6) is 0. The molecule has 0 amide bonds. The lowest BCUT2D eigenvalue weighted by Crippen LogP contribution is -2.10. The average Bonchev–Trinajstić information content (AvgIpc) is 3.95. The van der Waals surface area contributed by atoms with E-state index >= 15 is 0 Å². The molecule has 0 aliphatic heterocycles. The SMILES string of the molecule is c1cc(-c2cccc(N(c3ccc(-c4cccc5ccccc45)cc3)c3ccc(-c4cccc5c4oc4ccccc45)cc3)c2)cc(-c2ccccc2-n2c3ccccc3c3ccccc32)c1. The van der Waals surface area contributed by atoms with Crippen LogP contribution in [0.5, 0.6) is 0 Å². The largest absolute Gasteiger partial charge is 0.455 e. The summed E-state index contributed by atoms with van der Waals surface area (Å²) in [6.07, 6.45) is 0. The number of fused-ring (bicyclic) bond motifs is 7. The zero-order chi connectivity index (χ0) is 44.3. The zero-order valence-electron chi connectivity index (χ0n) is 36.6. The highest BCUT2D eigenvalue weighted by Crippen LogP contribution is 2.42. The van der Waals surface area contributed by atoms with Crippen LogP contribution in [0.3, 0.4) is 0 Å². The second kappa shape index (κ2) is 16.0. The van der Waals surface area contributed by atoms with Gasteiger partial charge in [-0.2, -0.15) is 0 Å². The Morgan fingerprint density at radius 3 is 1.57 bits per heavy atom. The minimum absolute atomic E-state index is 0.900. The zero-order valence-corrected chi connectivity index (χ0v) is 36.6. The van der Waals surface area contributed by atoms with E-state index in [1.807, 2.05) is 12.1 Å². The highest BCUT2D eigenvalue weighted by Gasteiger charge is 2.19. The molecule has 0 bridgehead atoms. The molecule has 314 valence electrons. The number of furan rings is 1. The van der Waals surface area contributed by atoms with Gasteiger partial charge in [-0.1, -0.05) is 188 Å². The van der Waals surface area contributed by atoms with E-state index in [1.54, 1.807) is 0 Å². The maximum atomic E-state index is 6.47. The summed E-state index contributed by atoms with van der Waals surface area (Å²) in [6, 6.07) is 91.9. The monoisotopic (exact) mass is 854 g/mol. The molecule has 11 aromatic carbocycles. The highest BCUT2D eigenvalue weighted by molar-refractivity contribution is 6.11. The second-order valence-corrected chi connectivity index (χ2v) is 17.3. The Hall–Kier alpha value is -8.92. The van der Waals surface area contributed by atoms with Gasteiger partial charge in [0.15, 0.2) is 0 Å². The van der Waals surface area contributed by atoms with Crippen LogP contribution in [0.15, 0.2) is 259 Å². The van der Waals surface area contributed by atoms with Crippen molar-refractivity contribution in [3.05, 3.63) is 255 Å². The molecule has 13 aromatic rings. The standard InChI is InChI=1S/C64H42N2O/c1-2-21-52-43(15-1)16-13-26-53(52)44-33-37-49(38-34-44)65(50-39-35-45(36-40-50)55-27-14-28-59-58-25-6-10-32-63(58)67-64(55)59)51-20-12-18-47(42-51)46-17-11-19-48(41-46)54-22-3-7-29-60(54)66-61-30-8-4-23-56(61)57-24-5-9-31-62(57)66/h1-42H. The molecule has 0 aliphatic rings. The van der Waals surface area contributed by atoms with Crippen LogP contribution in [0, 0.1) is 0 Å². The fourth-order valence-corrected chi connectivity index (χ4v) is 10.3. The molecular formula is C64H42N2O. The van der Waals surface area contributed by atoms with Gasteiger partial charge in [0.05, 0.1) is 16.7 Å². The van der Waals surface area contributed by atoms with Gasteiger partial charge in [-0.05, 0) is 111 Å². The summed E-state index contributed by atoms with van der Waals surface area (Å²) in [5.41, 5.74) is 17.8. The number of aromatic nitrogens is 1. The van der Waals surface area contributed by atoms with E-state index in [1.165, 1.54) is 49.3 Å². The van der Waals surface area contributed by atoms with E-state index in [2.05, 4.69) is 252 Å². The van der Waals surface area contributed by atoms with Crippen molar-refractivity contribution in [2.24, 2.45) is 0 Å². The minimum atomic E-state index is 0.900. The van der Waals surface area contributed by atoms with Gasteiger partial charge < -0.3 is 13.9 Å². The van der Waals surface area contributed by atoms with Gasteiger partial charge in [0.2, 0.25) is 0 Å². The number of anilines is 3. The summed E-state index contributed by atoms with van der Waals surface area (Å²) in [7, 11) is 0. The van der Waals surface area contributed by atoms with Crippen LogP contribution >= 0.6 is 0 Å². The molecule has 0 unspecified atom stereocenters. The molecule has 67 heavy (non-hydrogen) atoms. The van der Waals surface area contributed by atoms with Crippen LogP contribution in [0.4, 0.5) is 17.1 Å². The van der Waals surface area contributed by atoms with Gasteiger partial charge >= 0.3 is 0 Å². The molecule has 0 spiro atoms. The molecule has 0 fully saturated rings. The first kappa shape index (κ1) is 38.5. The fourth-order valence-electron chi connectivity index (χ4n) is 10.3. The molecule has 0 atom stereocenters. The summed E-state index contributed by atoms with van der Waals surface area (Å²) in [4.78, 5) is 2.36. The van der Waals surface area contributed by atoms with Crippen molar-refractivity contribution >= 4 is 71.6 Å². The van der Waals surface area contributed by atoms with E-state index in [-0.39, 0.29) is 0 Å². The number of hydrogen-bond donors (Lipinski definition) is 0.